The monoisotopic (exact) mass is 479 g/mol. The van der Waals surface area contributed by atoms with Gasteiger partial charge in [-0.2, -0.15) is 0 Å². The van der Waals surface area contributed by atoms with Gasteiger partial charge in [-0.25, -0.2) is 4.99 Å². The molecule has 1 fully saturated rings. The van der Waals surface area contributed by atoms with E-state index in [1.165, 1.54) is 17.5 Å². The Morgan fingerprint density at radius 2 is 2.00 bits per heavy atom. The van der Waals surface area contributed by atoms with E-state index < -0.39 is 0 Å². The number of hydrogen-bond acceptors (Lipinski definition) is 3. The zero-order chi connectivity index (χ0) is 21.9. The molecule has 0 amide bonds. The van der Waals surface area contributed by atoms with Gasteiger partial charge in [0.15, 0.2) is 12.0 Å². The number of Topliss-reactive ketones (excluding diaryl/α,β-unsaturated/α-hetero) is 1. The van der Waals surface area contributed by atoms with Gasteiger partial charge in [0.2, 0.25) is 0 Å². The number of rotatable bonds is 3. The second-order valence-corrected chi connectivity index (χ2v) is 11.0. The molecule has 4 atom stereocenters. The van der Waals surface area contributed by atoms with E-state index >= 15 is 0 Å². The number of nitrogens with zero attached hydrogens (tertiary/aromatic N) is 1. The van der Waals surface area contributed by atoms with Crippen LogP contribution >= 0.6 is 15.9 Å². The third-order valence-electron chi connectivity index (χ3n) is 7.70. The van der Waals surface area contributed by atoms with Crippen LogP contribution in [-0.2, 0) is 11.2 Å². The van der Waals surface area contributed by atoms with Crippen molar-refractivity contribution in [3.05, 3.63) is 63.1 Å². The van der Waals surface area contributed by atoms with Crippen molar-refractivity contribution in [3.63, 3.8) is 0 Å². The second kappa shape index (κ2) is 7.58. The normalized spacial score (nSPS) is 29.2. The van der Waals surface area contributed by atoms with Crippen LogP contribution in [0.5, 0.6) is 5.75 Å². The first kappa shape index (κ1) is 20.9. The SMILES string of the molecule is Cc1cc2c3c(c1Br)O[C@@H](Cc1ccccc1)N=C3C(=O)C[C@]1(C)CCC(C(C)C)[C@H]21. The molecule has 4 heteroatoms. The van der Waals surface area contributed by atoms with E-state index in [2.05, 4.69) is 61.8 Å². The van der Waals surface area contributed by atoms with Crippen LogP contribution in [-0.4, -0.2) is 17.7 Å². The van der Waals surface area contributed by atoms with Crippen LogP contribution < -0.4 is 4.74 Å². The first-order valence-electron chi connectivity index (χ1n) is 11.4. The predicted molar refractivity (Wildman–Crippen MR) is 128 cm³/mol. The summed E-state index contributed by atoms with van der Waals surface area (Å²) in [5, 5.41) is 0. The summed E-state index contributed by atoms with van der Waals surface area (Å²) in [5.74, 6) is 2.50. The van der Waals surface area contributed by atoms with Crippen molar-refractivity contribution in [2.24, 2.45) is 22.2 Å². The predicted octanol–water partition coefficient (Wildman–Crippen LogP) is 6.64. The summed E-state index contributed by atoms with van der Waals surface area (Å²) >= 11 is 3.78. The summed E-state index contributed by atoms with van der Waals surface area (Å²) in [7, 11) is 0. The molecule has 0 N–H and O–H groups in total. The van der Waals surface area contributed by atoms with Gasteiger partial charge in [-0.1, -0.05) is 57.2 Å². The van der Waals surface area contributed by atoms with Crippen molar-refractivity contribution < 1.29 is 9.53 Å². The number of aryl methyl sites for hydroxylation is 1. The van der Waals surface area contributed by atoms with Crippen LogP contribution in [0.2, 0.25) is 0 Å². The molecule has 162 valence electrons. The molecule has 1 aliphatic heterocycles. The molecule has 0 spiro atoms. The highest BCUT2D eigenvalue weighted by Gasteiger charge is 2.52. The first-order valence-corrected chi connectivity index (χ1v) is 12.2. The molecule has 3 nitrogen and oxygen atoms in total. The maximum Gasteiger partial charge on any atom is 0.194 e. The summed E-state index contributed by atoms with van der Waals surface area (Å²) < 4.78 is 7.44. The minimum Gasteiger partial charge on any atom is -0.466 e. The van der Waals surface area contributed by atoms with Crippen molar-refractivity contribution >= 4 is 27.4 Å². The molecule has 31 heavy (non-hydrogen) atoms. The topological polar surface area (TPSA) is 38.7 Å². The minimum absolute atomic E-state index is 0.0190. The van der Waals surface area contributed by atoms with Crippen molar-refractivity contribution in [3.8, 4) is 5.75 Å². The number of aliphatic imine (C=N–C) groups is 1. The fourth-order valence-corrected chi connectivity index (χ4v) is 6.59. The van der Waals surface area contributed by atoms with E-state index in [-0.39, 0.29) is 17.4 Å². The Labute approximate surface area is 193 Å². The number of halogens is 1. The largest absolute Gasteiger partial charge is 0.466 e. The zero-order valence-corrected chi connectivity index (χ0v) is 20.3. The van der Waals surface area contributed by atoms with Crippen molar-refractivity contribution in [2.45, 2.75) is 65.5 Å². The van der Waals surface area contributed by atoms with Gasteiger partial charge < -0.3 is 4.74 Å². The first-order chi connectivity index (χ1) is 14.8. The Morgan fingerprint density at radius 3 is 2.71 bits per heavy atom. The molecule has 0 saturated heterocycles. The molecule has 2 aromatic rings. The maximum atomic E-state index is 13.6. The highest BCUT2D eigenvalue weighted by atomic mass is 79.9. The number of fused-ring (bicyclic) bond motifs is 2. The van der Waals surface area contributed by atoms with Gasteiger partial charge in [0, 0.05) is 12.8 Å². The van der Waals surface area contributed by atoms with E-state index in [1.807, 2.05) is 18.2 Å². The minimum atomic E-state index is -0.383. The summed E-state index contributed by atoms with van der Waals surface area (Å²) in [5.41, 5.74) is 5.17. The lowest BCUT2D eigenvalue weighted by Gasteiger charge is -2.35. The number of carbonyl (C=O) groups is 1. The van der Waals surface area contributed by atoms with Gasteiger partial charge in [-0.05, 0) is 75.6 Å². The molecule has 0 aromatic heterocycles. The van der Waals surface area contributed by atoms with Crippen LogP contribution in [0.1, 0.15) is 68.2 Å². The maximum absolute atomic E-state index is 13.6. The van der Waals surface area contributed by atoms with Gasteiger partial charge in [-0.3, -0.25) is 4.79 Å². The van der Waals surface area contributed by atoms with Crippen LogP contribution in [0.15, 0.2) is 45.9 Å². The molecule has 3 aliphatic rings. The molecule has 2 aliphatic carbocycles. The van der Waals surface area contributed by atoms with E-state index in [4.69, 9.17) is 9.73 Å². The highest BCUT2D eigenvalue weighted by Crippen LogP contribution is 2.60. The molecular weight excluding hydrogens is 450 g/mol. The lowest BCUT2D eigenvalue weighted by molar-refractivity contribution is -0.115. The van der Waals surface area contributed by atoms with Crippen molar-refractivity contribution in [1.29, 1.82) is 0 Å². The summed E-state index contributed by atoms with van der Waals surface area (Å²) in [6.45, 7) is 9.10. The second-order valence-electron chi connectivity index (χ2n) is 10.2. The molecule has 2 aromatic carbocycles. The van der Waals surface area contributed by atoms with Gasteiger partial charge in [-0.15, -0.1) is 0 Å². The summed E-state index contributed by atoms with van der Waals surface area (Å²) in [6.07, 6.45) is 3.12. The van der Waals surface area contributed by atoms with Crippen LogP contribution in [0.4, 0.5) is 0 Å². The van der Waals surface area contributed by atoms with Crippen LogP contribution in [0, 0.1) is 24.2 Å². The van der Waals surface area contributed by atoms with Gasteiger partial charge in [0.1, 0.15) is 11.5 Å². The fraction of sp³-hybridized carbons (Fsp3) is 0.481. The molecule has 1 heterocycles. The van der Waals surface area contributed by atoms with Crippen LogP contribution in [0.3, 0.4) is 0 Å². The van der Waals surface area contributed by atoms with E-state index in [9.17, 15) is 4.79 Å². The highest BCUT2D eigenvalue weighted by molar-refractivity contribution is 9.10. The standard InChI is InChI=1S/C27H30BrNO2/c1-15(2)18-10-11-27(4)14-20(30)25-22-19(23(18)27)12-16(3)24(28)26(22)31-21(29-25)13-17-8-6-5-7-9-17/h5-9,12,15,18,21,23H,10-11,13-14H2,1-4H3/t18?,21-,23+,27-/m0/s1. The zero-order valence-electron chi connectivity index (χ0n) is 18.7. The van der Waals surface area contributed by atoms with Gasteiger partial charge >= 0.3 is 0 Å². The van der Waals surface area contributed by atoms with Crippen molar-refractivity contribution in [2.75, 3.05) is 0 Å². The van der Waals surface area contributed by atoms with Crippen molar-refractivity contribution in [1.82, 2.24) is 0 Å². The van der Waals surface area contributed by atoms with E-state index in [0.29, 0.717) is 36.3 Å². The van der Waals surface area contributed by atoms with E-state index in [1.54, 1.807) is 0 Å². The molecule has 1 saturated carbocycles. The Morgan fingerprint density at radius 1 is 1.26 bits per heavy atom. The fourth-order valence-electron chi connectivity index (χ4n) is 6.18. The van der Waals surface area contributed by atoms with Crippen LogP contribution in [0.25, 0.3) is 0 Å². The Kier molecular flexibility index (Phi) is 5.12. The average molecular weight is 480 g/mol. The smallest absolute Gasteiger partial charge is 0.194 e. The number of hydrogen-bond donors (Lipinski definition) is 0. The quantitative estimate of drug-likeness (QED) is 0.494. The lowest BCUT2D eigenvalue weighted by atomic mass is 9.69. The Hall–Kier alpha value is -1.94. The third kappa shape index (κ3) is 3.38. The number of benzene rings is 2. The molecular formula is C27H30BrNO2. The number of ether oxygens (including phenoxy) is 1. The molecule has 0 bridgehead atoms. The number of ketones is 1. The third-order valence-corrected chi connectivity index (χ3v) is 8.68. The molecule has 1 unspecified atom stereocenters. The number of carbonyl (C=O) groups excluding carboxylic acids is 1. The van der Waals surface area contributed by atoms with Gasteiger partial charge in [0.25, 0.3) is 0 Å². The Bertz CT molecular complexity index is 1070. The molecule has 5 rings (SSSR count). The summed E-state index contributed by atoms with van der Waals surface area (Å²) in [4.78, 5) is 18.5. The van der Waals surface area contributed by atoms with Gasteiger partial charge in [0.05, 0.1) is 10.0 Å². The van der Waals surface area contributed by atoms with E-state index in [0.717, 1.165) is 27.8 Å². The summed E-state index contributed by atoms with van der Waals surface area (Å²) in [6, 6.07) is 12.5. The Balaban J connectivity index is 1.68. The average Bonchev–Trinajstić information content (AvgIpc) is 3.04. The lowest BCUT2D eigenvalue weighted by Crippen LogP contribution is -2.30. The molecule has 0 radical (unpaired) electrons.